The highest BCUT2D eigenvalue weighted by molar-refractivity contribution is 6.08. The Hall–Kier alpha value is -2.17. The second-order valence-corrected chi connectivity index (χ2v) is 6.98. The number of hydrogen-bond donors (Lipinski definition) is 1. The van der Waals surface area contributed by atoms with Crippen LogP contribution in [0.1, 0.15) is 24.8 Å². The SMILES string of the molecule is O=C(O)C(Cc1ccccc1)N1C(=O)C2C(C1=O)[C@H]1CC[C@@H]2C1. The summed E-state index contributed by atoms with van der Waals surface area (Å²) in [6.07, 6.45) is 3.11. The molecule has 1 aromatic rings. The number of hydrogen-bond acceptors (Lipinski definition) is 3. The lowest BCUT2D eigenvalue weighted by Crippen LogP contribution is -2.47. The van der Waals surface area contributed by atoms with Gasteiger partial charge in [0, 0.05) is 6.42 Å². The molecule has 3 unspecified atom stereocenters. The van der Waals surface area contributed by atoms with Crippen LogP contribution in [0.5, 0.6) is 0 Å². The van der Waals surface area contributed by atoms with Gasteiger partial charge in [0.15, 0.2) is 0 Å². The summed E-state index contributed by atoms with van der Waals surface area (Å²) in [7, 11) is 0. The van der Waals surface area contributed by atoms with E-state index in [1.807, 2.05) is 30.3 Å². The number of amides is 2. The maximum absolute atomic E-state index is 12.8. The lowest BCUT2D eigenvalue weighted by molar-refractivity contribution is -0.155. The first-order valence-corrected chi connectivity index (χ1v) is 8.21. The molecule has 0 aromatic heterocycles. The van der Waals surface area contributed by atoms with Crippen molar-refractivity contribution in [2.75, 3.05) is 0 Å². The first-order chi connectivity index (χ1) is 11.1. The Bertz CT molecular complexity index is 643. The van der Waals surface area contributed by atoms with Crippen LogP contribution < -0.4 is 0 Å². The molecule has 120 valence electrons. The highest BCUT2D eigenvalue weighted by Crippen LogP contribution is 2.56. The molecule has 5 nitrogen and oxygen atoms in total. The highest BCUT2D eigenvalue weighted by Gasteiger charge is 2.62. The topological polar surface area (TPSA) is 74.7 Å². The number of aliphatic carboxylic acids is 1. The Kier molecular flexibility index (Phi) is 3.25. The van der Waals surface area contributed by atoms with Crippen molar-refractivity contribution in [2.24, 2.45) is 23.7 Å². The second-order valence-electron chi connectivity index (χ2n) is 6.98. The van der Waals surface area contributed by atoms with Gasteiger partial charge < -0.3 is 5.11 Å². The van der Waals surface area contributed by atoms with Crippen molar-refractivity contribution in [3.63, 3.8) is 0 Å². The number of carbonyl (C=O) groups excluding carboxylic acids is 2. The summed E-state index contributed by atoms with van der Waals surface area (Å²) in [5, 5.41) is 9.60. The van der Waals surface area contributed by atoms with Crippen molar-refractivity contribution in [1.82, 2.24) is 4.90 Å². The van der Waals surface area contributed by atoms with E-state index in [0.717, 1.165) is 29.7 Å². The third-order valence-corrected chi connectivity index (χ3v) is 5.83. The number of carbonyl (C=O) groups is 3. The molecule has 5 heteroatoms. The minimum absolute atomic E-state index is 0.169. The molecule has 3 fully saturated rings. The monoisotopic (exact) mass is 313 g/mol. The lowest BCUT2D eigenvalue weighted by Gasteiger charge is -2.24. The molecule has 1 aliphatic heterocycles. The number of fused-ring (bicyclic) bond motifs is 5. The molecular weight excluding hydrogens is 294 g/mol. The summed E-state index contributed by atoms with van der Waals surface area (Å²) in [6.45, 7) is 0. The van der Waals surface area contributed by atoms with Crippen molar-refractivity contribution in [2.45, 2.75) is 31.7 Å². The number of nitrogens with zero attached hydrogens (tertiary/aromatic N) is 1. The molecule has 2 saturated carbocycles. The number of likely N-dealkylation sites (tertiary alicyclic amines) is 1. The number of benzene rings is 1. The van der Waals surface area contributed by atoms with E-state index in [1.165, 1.54) is 0 Å². The molecule has 0 spiro atoms. The van der Waals surface area contributed by atoms with Crippen LogP contribution in [0.4, 0.5) is 0 Å². The van der Waals surface area contributed by atoms with Crippen LogP contribution in [0.2, 0.25) is 0 Å². The Balaban J connectivity index is 1.63. The zero-order valence-corrected chi connectivity index (χ0v) is 12.7. The molecule has 4 rings (SSSR count). The molecule has 0 radical (unpaired) electrons. The summed E-state index contributed by atoms with van der Waals surface area (Å²) in [5.41, 5.74) is 0.820. The van der Waals surface area contributed by atoms with Gasteiger partial charge in [0.1, 0.15) is 6.04 Å². The zero-order valence-electron chi connectivity index (χ0n) is 12.7. The molecule has 5 atom stereocenters. The summed E-state index contributed by atoms with van der Waals surface area (Å²) >= 11 is 0. The van der Waals surface area contributed by atoms with Gasteiger partial charge in [-0.05, 0) is 36.7 Å². The van der Waals surface area contributed by atoms with E-state index >= 15 is 0 Å². The van der Waals surface area contributed by atoms with Crippen molar-refractivity contribution < 1.29 is 19.5 Å². The smallest absolute Gasteiger partial charge is 0.327 e. The summed E-state index contributed by atoms with van der Waals surface area (Å²) in [5.74, 6) is -1.60. The van der Waals surface area contributed by atoms with Crippen LogP contribution in [-0.4, -0.2) is 33.8 Å². The van der Waals surface area contributed by atoms with Gasteiger partial charge >= 0.3 is 5.97 Å². The molecule has 3 aliphatic rings. The van der Waals surface area contributed by atoms with Gasteiger partial charge in [-0.2, -0.15) is 0 Å². The molecule has 2 bridgehead atoms. The molecule has 1 N–H and O–H groups in total. The maximum atomic E-state index is 12.8. The van der Waals surface area contributed by atoms with Gasteiger partial charge in [0.2, 0.25) is 11.8 Å². The Labute approximate surface area is 134 Å². The van der Waals surface area contributed by atoms with E-state index in [0.29, 0.717) is 0 Å². The van der Waals surface area contributed by atoms with Crippen LogP contribution >= 0.6 is 0 Å². The van der Waals surface area contributed by atoms with E-state index in [9.17, 15) is 19.5 Å². The van der Waals surface area contributed by atoms with E-state index in [-0.39, 0.29) is 41.9 Å². The highest BCUT2D eigenvalue weighted by atomic mass is 16.4. The lowest BCUT2D eigenvalue weighted by atomic mass is 9.81. The van der Waals surface area contributed by atoms with Crippen molar-refractivity contribution in [3.8, 4) is 0 Å². The standard InChI is InChI=1S/C18H19NO4/c20-16-14-11-6-7-12(9-11)15(14)17(21)19(16)13(18(22)23)8-10-4-2-1-3-5-10/h1-5,11-15H,6-9H2,(H,22,23)/t11-,12+,13?,14?,15?. The van der Waals surface area contributed by atoms with Crippen LogP contribution in [-0.2, 0) is 20.8 Å². The molecule has 1 heterocycles. The van der Waals surface area contributed by atoms with Gasteiger partial charge in [-0.15, -0.1) is 0 Å². The Morgan fingerprint density at radius 1 is 1.09 bits per heavy atom. The number of imide groups is 1. The van der Waals surface area contributed by atoms with Crippen LogP contribution in [0.25, 0.3) is 0 Å². The first-order valence-electron chi connectivity index (χ1n) is 8.21. The van der Waals surface area contributed by atoms with E-state index in [1.54, 1.807) is 0 Å². The van der Waals surface area contributed by atoms with Gasteiger partial charge in [0.05, 0.1) is 11.8 Å². The second kappa shape index (κ2) is 5.18. The van der Waals surface area contributed by atoms with E-state index < -0.39 is 12.0 Å². The molecule has 2 amide bonds. The van der Waals surface area contributed by atoms with Gasteiger partial charge in [-0.1, -0.05) is 30.3 Å². The normalized spacial score (nSPS) is 33.1. The van der Waals surface area contributed by atoms with Crippen molar-refractivity contribution in [1.29, 1.82) is 0 Å². The average molecular weight is 313 g/mol. The fourth-order valence-corrected chi connectivity index (χ4v) is 4.87. The Morgan fingerprint density at radius 3 is 2.17 bits per heavy atom. The van der Waals surface area contributed by atoms with Crippen LogP contribution in [0.15, 0.2) is 30.3 Å². The molecule has 1 saturated heterocycles. The third-order valence-electron chi connectivity index (χ3n) is 5.83. The van der Waals surface area contributed by atoms with E-state index in [4.69, 9.17) is 0 Å². The first kappa shape index (κ1) is 14.4. The quantitative estimate of drug-likeness (QED) is 0.859. The van der Waals surface area contributed by atoms with Crippen LogP contribution in [0.3, 0.4) is 0 Å². The van der Waals surface area contributed by atoms with E-state index in [2.05, 4.69) is 0 Å². The third kappa shape index (κ3) is 2.10. The van der Waals surface area contributed by atoms with Crippen LogP contribution in [0, 0.1) is 23.7 Å². The predicted molar refractivity (Wildman–Crippen MR) is 81.2 cm³/mol. The molecular formula is C18H19NO4. The fourth-order valence-electron chi connectivity index (χ4n) is 4.87. The largest absolute Gasteiger partial charge is 0.480 e. The molecule has 1 aromatic carbocycles. The number of carboxylic acid groups (broad SMARTS) is 1. The average Bonchev–Trinajstić information content (AvgIpc) is 3.21. The summed E-state index contributed by atoms with van der Waals surface area (Å²) < 4.78 is 0. The minimum Gasteiger partial charge on any atom is -0.480 e. The number of carboxylic acids is 1. The summed E-state index contributed by atoms with van der Waals surface area (Å²) in [6, 6.07) is 8.07. The van der Waals surface area contributed by atoms with Crippen molar-refractivity contribution >= 4 is 17.8 Å². The minimum atomic E-state index is -1.11. The van der Waals surface area contributed by atoms with Crippen molar-refractivity contribution in [3.05, 3.63) is 35.9 Å². The zero-order chi connectivity index (χ0) is 16.1. The van der Waals surface area contributed by atoms with Gasteiger partial charge in [-0.25, -0.2) is 4.79 Å². The fraction of sp³-hybridized carbons (Fsp3) is 0.500. The maximum Gasteiger partial charge on any atom is 0.327 e. The molecule has 23 heavy (non-hydrogen) atoms. The predicted octanol–water partition coefficient (Wildman–Crippen LogP) is 1.71. The Morgan fingerprint density at radius 2 is 1.65 bits per heavy atom. The number of rotatable bonds is 4. The summed E-state index contributed by atoms with van der Waals surface area (Å²) in [4.78, 5) is 38.3. The molecule has 2 aliphatic carbocycles. The van der Waals surface area contributed by atoms with Gasteiger partial charge in [0.25, 0.3) is 0 Å². The van der Waals surface area contributed by atoms with Gasteiger partial charge in [-0.3, -0.25) is 14.5 Å².